The monoisotopic (exact) mass is 595 g/mol. The average molecular weight is 597 g/mol. The van der Waals surface area contributed by atoms with E-state index in [4.69, 9.17) is 0 Å². The van der Waals surface area contributed by atoms with E-state index in [0.717, 1.165) is 20.1 Å². The molecule has 1 atom stereocenters. The SMILES string of the molecule is N#C/C(C(=O)NCc1ccccc1)=C1/S[C@H](Cc2ccc(Br)cc2)C(=O)N1c1ccc(Br)cc1. The predicted octanol–water partition coefficient (Wildman–Crippen LogP) is 5.95. The molecule has 8 heteroatoms. The number of thioether (sulfide) groups is 1. The molecule has 0 radical (unpaired) electrons. The van der Waals surface area contributed by atoms with Crippen LogP contribution in [0.25, 0.3) is 0 Å². The standard InChI is InChI=1S/C26H19Br2N3O2S/c27-19-8-6-17(7-9-19)14-23-25(33)31(21-12-10-20(28)11-13-21)26(34-23)22(15-29)24(32)30-16-18-4-2-1-3-5-18/h1-13,23H,14,16H2,(H,30,32)/b26-22-/t23-/m1/s1. The minimum Gasteiger partial charge on any atom is -0.347 e. The molecule has 0 aliphatic carbocycles. The lowest BCUT2D eigenvalue weighted by Crippen LogP contribution is -2.32. The molecule has 1 heterocycles. The van der Waals surface area contributed by atoms with Gasteiger partial charge in [0.25, 0.3) is 5.91 Å². The van der Waals surface area contributed by atoms with Gasteiger partial charge < -0.3 is 5.32 Å². The second-order valence-corrected chi connectivity index (χ2v) is 10.6. The molecule has 1 aliphatic heterocycles. The molecular formula is C26H19Br2N3O2S. The third kappa shape index (κ3) is 5.61. The molecule has 1 N–H and O–H groups in total. The zero-order valence-corrected chi connectivity index (χ0v) is 21.9. The number of carbonyl (C=O) groups is 2. The Morgan fingerprint density at radius 2 is 1.56 bits per heavy atom. The van der Waals surface area contributed by atoms with Gasteiger partial charge in [0.15, 0.2) is 0 Å². The first-order valence-corrected chi connectivity index (χ1v) is 12.9. The van der Waals surface area contributed by atoms with Crippen LogP contribution < -0.4 is 10.2 Å². The second kappa shape index (κ2) is 11.0. The van der Waals surface area contributed by atoms with Crippen LogP contribution in [0, 0.1) is 11.3 Å². The average Bonchev–Trinajstić information content (AvgIpc) is 3.16. The number of nitriles is 1. The van der Waals surface area contributed by atoms with Gasteiger partial charge in [-0.2, -0.15) is 5.26 Å². The molecule has 0 saturated carbocycles. The van der Waals surface area contributed by atoms with Crippen molar-refractivity contribution in [2.75, 3.05) is 4.90 Å². The van der Waals surface area contributed by atoms with Crippen molar-refractivity contribution >= 4 is 61.1 Å². The van der Waals surface area contributed by atoms with Gasteiger partial charge in [0, 0.05) is 21.2 Å². The van der Waals surface area contributed by atoms with E-state index in [1.807, 2.05) is 72.8 Å². The first-order valence-electron chi connectivity index (χ1n) is 10.4. The first-order chi connectivity index (χ1) is 16.5. The third-order valence-corrected chi connectivity index (χ3v) is 7.54. The van der Waals surface area contributed by atoms with Crippen molar-refractivity contribution in [2.24, 2.45) is 0 Å². The molecule has 1 aliphatic rings. The van der Waals surface area contributed by atoms with E-state index in [2.05, 4.69) is 37.2 Å². The summed E-state index contributed by atoms with van der Waals surface area (Å²) >= 11 is 8.10. The highest BCUT2D eigenvalue weighted by Crippen LogP contribution is 2.42. The second-order valence-electron chi connectivity index (χ2n) is 7.55. The number of halogens is 2. The van der Waals surface area contributed by atoms with Crippen molar-refractivity contribution < 1.29 is 9.59 Å². The maximum absolute atomic E-state index is 13.5. The number of hydrogen-bond acceptors (Lipinski definition) is 4. The fourth-order valence-electron chi connectivity index (χ4n) is 3.51. The van der Waals surface area contributed by atoms with Gasteiger partial charge in [-0.15, -0.1) is 0 Å². The summed E-state index contributed by atoms with van der Waals surface area (Å²) in [7, 11) is 0. The van der Waals surface area contributed by atoms with Crippen LogP contribution in [0.4, 0.5) is 5.69 Å². The molecule has 1 saturated heterocycles. The van der Waals surface area contributed by atoms with Gasteiger partial charge in [0.1, 0.15) is 16.7 Å². The fourth-order valence-corrected chi connectivity index (χ4v) is 5.35. The lowest BCUT2D eigenvalue weighted by molar-refractivity contribution is -0.117. The van der Waals surface area contributed by atoms with Gasteiger partial charge in [0.05, 0.1) is 5.25 Å². The van der Waals surface area contributed by atoms with Gasteiger partial charge in [-0.05, 0) is 53.9 Å². The number of benzene rings is 3. The molecule has 0 unspecified atom stereocenters. The Hall–Kier alpha value is -2.86. The van der Waals surface area contributed by atoms with Crippen LogP contribution in [0.1, 0.15) is 11.1 Å². The van der Waals surface area contributed by atoms with E-state index in [0.29, 0.717) is 17.1 Å². The van der Waals surface area contributed by atoms with E-state index in [9.17, 15) is 14.9 Å². The molecule has 34 heavy (non-hydrogen) atoms. The summed E-state index contributed by atoms with van der Waals surface area (Å²) < 4.78 is 1.83. The lowest BCUT2D eigenvalue weighted by atomic mass is 10.1. The van der Waals surface area contributed by atoms with Crippen molar-refractivity contribution in [2.45, 2.75) is 18.2 Å². The summed E-state index contributed by atoms with van der Waals surface area (Å²) in [6.45, 7) is 0.289. The Kier molecular flexibility index (Phi) is 7.88. The minimum atomic E-state index is -0.506. The Bertz CT molecular complexity index is 1270. The van der Waals surface area contributed by atoms with Crippen LogP contribution in [0.15, 0.2) is 98.4 Å². The first kappa shape index (κ1) is 24.3. The van der Waals surface area contributed by atoms with Gasteiger partial charge in [-0.3, -0.25) is 14.5 Å². The maximum Gasteiger partial charge on any atom is 0.264 e. The molecular weight excluding hydrogens is 578 g/mol. The maximum atomic E-state index is 13.5. The van der Waals surface area contributed by atoms with Crippen LogP contribution in [0.3, 0.4) is 0 Å². The summed E-state index contributed by atoms with van der Waals surface area (Å²) in [6, 6.07) is 26.5. The van der Waals surface area contributed by atoms with E-state index in [-0.39, 0.29) is 18.0 Å². The summed E-state index contributed by atoms with van der Waals surface area (Å²) in [5, 5.41) is 12.6. The normalized spacial score (nSPS) is 16.8. The molecule has 3 aromatic carbocycles. The Morgan fingerprint density at radius 1 is 0.941 bits per heavy atom. The Labute approximate surface area is 219 Å². The smallest absolute Gasteiger partial charge is 0.264 e. The van der Waals surface area contributed by atoms with E-state index < -0.39 is 11.2 Å². The number of nitrogens with zero attached hydrogens (tertiary/aromatic N) is 2. The molecule has 1 fully saturated rings. The quantitative estimate of drug-likeness (QED) is 0.282. The van der Waals surface area contributed by atoms with Crippen molar-refractivity contribution in [3.05, 3.63) is 110 Å². The molecule has 0 spiro atoms. The highest BCUT2D eigenvalue weighted by molar-refractivity contribution is 9.10. The molecule has 170 valence electrons. The van der Waals surface area contributed by atoms with Crippen molar-refractivity contribution in [1.29, 1.82) is 5.26 Å². The van der Waals surface area contributed by atoms with E-state index in [1.54, 1.807) is 12.1 Å². The number of anilines is 1. The van der Waals surface area contributed by atoms with E-state index in [1.165, 1.54) is 16.7 Å². The summed E-state index contributed by atoms with van der Waals surface area (Å²) in [5.74, 6) is -0.665. The lowest BCUT2D eigenvalue weighted by Gasteiger charge is -2.19. The highest BCUT2D eigenvalue weighted by Gasteiger charge is 2.40. The topological polar surface area (TPSA) is 73.2 Å². The molecule has 5 nitrogen and oxygen atoms in total. The number of amides is 2. The van der Waals surface area contributed by atoms with Crippen molar-refractivity contribution in [3.63, 3.8) is 0 Å². The largest absolute Gasteiger partial charge is 0.347 e. The van der Waals surface area contributed by atoms with Crippen molar-refractivity contribution in [3.8, 4) is 6.07 Å². The van der Waals surface area contributed by atoms with Gasteiger partial charge in [0.2, 0.25) is 5.91 Å². The van der Waals surface area contributed by atoms with Crippen LogP contribution in [-0.2, 0) is 22.6 Å². The number of rotatable bonds is 6. The van der Waals surface area contributed by atoms with Crippen LogP contribution in [0.2, 0.25) is 0 Å². The predicted molar refractivity (Wildman–Crippen MR) is 142 cm³/mol. The van der Waals surface area contributed by atoms with Crippen molar-refractivity contribution in [1.82, 2.24) is 5.32 Å². The van der Waals surface area contributed by atoms with Gasteiger partial charge in [-0.25, -0.2) is 0 Å². The molecule has 2 amide bonds. The fraction of sp³-hybridized carbons (Fsp3) is 0.115. The minimum absolute atomic E-state index is 0.0736. The van der Waals surface area contributed by atoms with Crippen LogP contribution >= 0.6 is 43.6 Å². The van der Waals surface area contributed by atoms with Gasteiger partial charge in [-0.1, -0.05) is 86.1 Å². The Balaban J connectivity index is 1.66. The number of hydrogen-bond donors (Lipinski definition) is 1. The summed E-state index contributed by atoms with van der Waals surface area (Å²) in [4.78, 5) is 28.0. The summed E-state index contributed by atoms with van der Waals surface area (Å²) in [6.07, 6.45) is 0.484. The van der Waals surface area contributed by atoms with Crippen LogP contribution in [-0.4, -0.2) is 17.1 Å². The zero-order chi connectivity index (χ0) is 24.1. The molecule has 3 aromatic rings. The molecule has 0 bridgehead atoms. The van der Waals surface area contributed by atoms with Crippen LogP contribution in [0.5, 0.6) is 0 Å². The molecule has 0 aromatic heterocycles. The number of carbonyl (C=O) groups excluding carboxylic acids is 2. The number of nitrogens with one attached hydrogen (secondary N) is 1. The highest BCUT2D eigenvalue weighted by atomic mass is 79.9. The van der Waals surface area contributed by atoms with Gasteiger partial charge >= 0.3 is 0 Å². The summed E-state index contributed by atoms with van der Waals surface area (Å²) in [5.41, 5.74) is 2.46. The third-order valence-electron chi connectivity index (χ3n) is 5.22. The zero-order valence-electron chi connectivity index (χ0n) is 17.9. The van der Waals surface area contributed by atoms with E-state index >= 15 is 0 Å². The molecule has 4 rings (SSSR count). The Morgan fingerprint density at radius 3 is 2.18 bits per heavy atom.